The zero-order valence-electron chi connectivity index (χ0n) is 16.1. The number of hydrogen-bond acceptors (Lipinski definition) is 6. The van der Waals surface area contributed by atoms with Crippen molar-refractivity contribution in [2.24, 2.45) is 0 Å². The molecule has 0 saturated carbocycles. The highest BCUT2D eigenvalue weighted by atomic mass is 16.5. The number of carbonyl (C=O) groups is 3. The fourth-order valence-electron chi connectivity index (χ4n) is 2.41. The number of methoxy groups -OCH3 is 1. The smallest absolute Gasteiger partial charge is 0.326 e. The van der Waals surface area contributed by atoms with Crippen LogP contribution in [0.15, 0.2) is 48.5 Å². The van der Waals surface area contributed by atoms with Gasteiger partial charge in [-0.3, -0.25) is 14.4 Å². The van der Waals surface area contributed by atoms with E-state index < -0.39 is 18.0 Å². The van der Waals surface area contributed by atoms with Gasteiger partial charge in [-0.05, 0) is 62.4 Å². The van der Waals surface area contributed by atoms with Gasteiger partial charge in [0, 0.05) is 11.1 Å². The second-order valence-corrected chi connectivity index (χ2v) is 5.86. The van der Waals surface area contributed by atoms with E-state index >= 15 is 0 Å². The second kappa shape index (κ2) is 10.1. The number of ether oxygens (including phenoxy) is 3. The number of amides is 1. The van der Waals surface area contributed by atoms with Gasteiger partial charge in [-0.1, -0.05) is 0 Å². The maximum atomic E-state index is 12.3. The van der Waals surface area contributed by atoms with Crippen LogP contribution in [0.4, 0.5) is 0 Å². The number of nitrogens with one attached hydrogen (secondary N) is 1. The third-order valence-corrected chi connectivity index (χ3v) is 3.87. The summed E-state index contributed by atoms with van der Waals surface area (Å²) in [4.78, 5) is 36.3. The molecule has 2 aromatic carbocycles. The van der Waals surface area contributed by atoms with E-state index in [0.717, 1.165) is 0 Å². The predicted octanol–water partition coefficient (Wildman–Crippen LogP) is 2.64. The van der Waals surface area contributed by atoms with Crippen molar-refractivity contribution in [1.82, 2.24) is 5.32 Å². The monoisotopic (exact) mass is 385 g/mol. The molecule has 28 heavy (non-hydrogen) atoms. The quantitative estimate of drug-likeness (QED) is 0.527. The van der Waals surface area contributed by atoms with Crippen molar-refractivity contribution < 1.29 is 28.6 Å². The number of Topliss-reactive ketones (excluding diaryl/α,β-unsaturated/α-hetero) is 1. The number of rotatable bonds is 9. The van der Waals surface area contributed by atoms with Crippen LogP contribution in [0.5, 0.6) is 11.5 Å². The van der Waals surface area contributed by atoms with E-state index in [1.54, 1.807) is 48.5 Å². The van der Waals surface area contributed by atoms with Crippen LogP contribution < -0.4 is 14.8 Å². The molecule has 0 saturated heterocycles. The van der Waals surface area contributed by atoms with Gasteiger partial charge in [0.15, 0.2) is 6.10 Å². The van der Waals surface area contributed by atoms with Gasteiger partial charge in [0.05, 0.1) is 13.7 Å². The summed E-state index contributed by atoms with van der Waals surface area (Å²) in [6, 6.07) is 13.0. The van der Waals surface area contributed by atoms with E-state index in [0.29, 0.717) is 29.2 Å². The maximum Gasteiger partial charge on any atom is 0.326 e. The summed E-state index contributed by atoms with van der Waals surface area (Å²) in [6.45, 7) is 3.54. The van der Waals surface area contributed by atoms with E-state index in [2.05, 4.69) is 5.32 Å². The fraction of sp³-hybridized carbons (Fsp3) is 0.286. The van der Waals surface area contributed by atoms with Crippen LogP contribution in [0.1, 0.15) is 34.6 Å². The second-order valence-electron chi connectivity index (χ2n) is 5.86. The molecule has 2 aromatic rings. The highest BCUT2D eigenvalue weighted by Gasteiger charge is 2.20. The minimum atomic E-state index is -0.969. The van der Waals surface area contributed by atoms with Crippen molar-refractivity contribution in [2.75, 3.05) is 20.3 Å². The van der Waals surface area contributed by atoms with Crippen molar-refractivity contribution in [1.29, 1.82) is 0 Å². The molecular weight excluding hydrogens is 362 g/mol. The van der Waals surface area contributed by atoms with Crippen LogP contribution in [-0.2, 0) is 9.53 Å². The van der Waals surface area contributed by atoms with Crippen molar-refractivity contribution in [3.63, 3.8) is 0 Å². The molecule has 2 rings (SSSR count). The SMILES string of the molecule is CCOc1ccc(C(=O)NCC(=O)OC(C)C(=O)c2ccc(OC)cc2)cc1. The molecule has 0 radical (unpaired) electrons. The number of ketones is 1. The van der Waals surface area contributed by atoms with Crippen LogP contribution in [0.25, 0.3) is 0 Å². The first-order valence-electron chi connectivity index (χ1n) is 8.83. The first-order chi connectivity index (χ1) is 13.4. The number of esters is 1. The minimum Gasteiger partial charge on any atom is -0.497 e. The van der Waals surface area contributed by atoms with Crippen LogP contribution in [0, 0.1) is 0 Å². The first kappa shape index (κ1) is 21.0. The number of hydrogen-bond donors (Lipinski definition) is 1. The Morgan fingerprint density at radius 3 is 2.07 bits per heavy atom. The Hall–Kier alpha value is -3.35. The molecule has 0 fully saturated rings. The van der Waals surface area contributed by atoms with Crippen molar-refractivity contribution in [3.05, 3.63) is 59.7 Å². The van der Waals surface area contributed by atoms with Gasteiger partial charge >= 0.3 is 5.97 Å². The lowest BCUT2D eigenvalue weighted by atomic mass is 10.1. The van der Waals surface area contributed by atoms with Gasteiger partial charge in [-0.15, -0.1) is 0 Å². The third-order valence-electron chi connectivity index (χ3n) is 3.87. The molecule has 1 N–H and O–H groups in total. The molecule has 0 spiro atoms. The lowest BCUT2D eigenvalue weighted by Gasteiger charge is -2.13. The molecule has 0 aliphatic heterocycles. The summed E-state index contributed by atoms with van der Waals surface area (Å²) in [5.74, 6) is -0.181. The number of carbonyl (C=O) groups excluding carboxylic acids is 3. The van der Waals surface area contributed by atoms with Gasteiger partial charge in [0.2, 0.25) is 5.78 Å². The topological polar surface area (TPSA) is 90.9 Å². The van der Waals surface area contributed by atoms with Crippen LogP contribution in [0.3, 0.4) is 0 Å². The van der Waals surface area contributed by atoms with Crippen molar-refractivity contribution in [2.45, 2.75) is 20.0 Å². The molecule has 7 nitrogen and oxygen atoms in total. The highest BCUT2D eigenvalue weighted by Crippen LogP contribution is 2.14. The molecule has 0 bridgehead atoms. The van der Waals surface area contributed by atoms with Crippen molar-refractivity contribution >= 4 is 17.7 Å². The maximum absolute atomic E-state index is 12.3. The average Bonchev–Trinajstić information content (AvgIpc) is 2.72. The van der Waals surface area contributed by atoms with E-state index in [-0.39, 0.29) is 12.3 Å². The summed E-state index contributed by atoms with van der Waals surface area (Å²) in [5, 5.41) is 2.47. The Balaban J connectivity index is 1.83. The van der Waals surface area contributed by atoms with E-state index in [4.69, 9.17) is 14.2 Å². The van der Waals surface area contributed by atoms with Crippen LogP contribution >= 0.6 is 0 Å². The minimum absolute atomic E-state index is 0.339. The molecule has 148 valence electrons. The van der Waals surface area contributed by atoms with Gasteiger partial charge in [-0.25, -0.2) is 0 Å². The molecule has 1 atom stereocenters. The van der Waals surface area contributed by atoms with Crippen LogP contribution in [0.2, 0.25) is 0 Å². The lowest BCUT2D eigenvalue weighted by Crippen LogP contribution is -2.34. The third kappa shape index (κ3) is 5.84. The van der Waals surface area contributed by atoms with Gasteiger partial charge < -0.3 is 19.5 Å². The van der Waals surface area contributed by atoms with E-state index in [9.17, 15) is 14.4 Å². The Morgan fingerprint density at radius 2 is 1.50 bits per heavy atom. The summed E-state index contributed by atoms with van der Waals surface area (Å²) in [6.07, 6.45) is -0.969. The lowest BCUT2D eigenvalue weighted by molar-refractivity contribution is -0.145. The standard InChI is InChI=1S/C21H23NO6/c1-4-27-18-11-7-16(8-12-18)21(25)22-13-19(23)28-14(2)20(24)15-5-9-17(26-3)10-6-15/h5-12,14H,4,13H2,1-3H3,(H,22,25). The fourth-order valence-corrected chi connectivity index (χ4v) is 2.41. The Bertz CT molecular complexity index is 814. The van der Waals surface area contributed by atoms with E-state index in [1.807, 2.05) is 6.92 Å². The summed E-state index contributed by atoms with van der Waals surface area (Å²) in [7, 11) is 1.53. The summed E-state index contributed by atoms with van der Waals surface area (Å²) >= 11 is 0. The normalized spacial score (nSPS) is 11.2. The van der Waals surface area contributed by atoms with Gasteiger partial charge in [0.1, 0.15) is 18.0 Å². The molecule has 0 heterocycles. The van der Waals surface area contributed by atoms with Gasteiger partial charge in [-0.2, -0.15) is 0 Å². The van der Waals surface area contributed by atoms with E-state index in [1.165, 1.54) is 14.0 Å². The zero-order chi connectivity index (χ0) is 20.5. The molecule has 0 aliphatic carbocycles. The molecule has 1 unspecified atom stereocenters. The number of benzene rings is 2. The molecule has 1 amide bonds. The Morgan fingerprint density at radius 1 is 0.929 bits per heavy atom. The highest BCUT2D eigenvalue weighted by molar-refractivity contribution is 6.00. The predicted molar refractivity (Wildman–Crippen MR) is 103 cm³/mol. The summed E-state index contributed by atoms with van der Waals surface area (Å²) < 4.78 is 15.5. The Labute approximate surface area is 163 Å². The molecule has 0 aliphatic rings. The summed E-state index contributed by atoms with van der Waals surface area (Å²) in [5.41, 5.74) is 0.790. The molecule has 0 aromatic heterocycles. The zero-order valence-corrected chi connectivity index (χ0v) is 16.1. The Kier molecular flexibility index (Phi) is 7.56. The largest absolute Gasteiger partial charge is 0.497 e. The van der Waals surface area contributed by atoms with Crippen LogP contribution in [-0.4, -0.2) is 44.0 Å². The molecule has 7 heteroatoms. The molecular formula is C21H23NO6. The first-order valence-corrected chi connectivity index (χ1v) is 8.83. The van der Waals surface area contributed by atoms with Gasteiger partial charge in [0.25, 0.3) is 5.91 Å². The van der Waals surface area contributed by atoms with Crippen molar-refractivity contribution in [3.8, 4) is 11.5 Å². The average molecular weight is 385 g/mol.